The van der Waals surface area contributed by atoms with E-state index in [-0.39, 0.29) is 4.90 Å². The van der Waals surface area contributed by atoms with Crippen LogP contribution in [0.15, 0.2) is 58.8 Å². The van der Waals surface area contributed by atoms with E-state index in [9.17, 15) is 12.8 Å². The van der Waals surface area contributed by atoms with Crippen molar-refractivity contribution in [3.05, 3.63) is 65.3 Å². The lowest BCUT2D eigenvalue weighted by atomic mass is 10.1. The topological polar surface area (TPSA) is 50.3 Å². The van der Waals surface area contributed by atoms with Gasteiger partial charge in [-0.2, -0.15) is 0 Å². The van der Waals surface area contributed by atoms with E-state index in [0.717, 1.165) is 29.2 Å². The van der Waals surface area contributed by atoms with Gasteiger partial charge in [-0.05, 0) is 49.1 Å². The molecule has 3 aromatic rings. The molecule has 2 aromatic carbocycles. The van der Waals surface area contributed by atoms with Gasteiger partial charge in [0.05, 0.1) is 15.8 Å². The standard InChI is InChI=1S/C23H25FN2O2S2/c1-2-3-17-4-6-18(7-5-17)22-16-29-23(25-22)26-14-12-21(13-15-26)30(27,28)20-10-8-19(24)9-11-20/h4-11,16,21H,2-3,12-15H2,1H3. The zero-order chi connectivity index (χ0) is 21.1. The summed E-state index contributed by atoms with van der Waals surface area (Å²) in [5, 5.41) is 2.55. The van der Waals surface area contributed by atoms with E-state index in [4.69, 9.17) is 4.98 Å². The second kappa shape index (κ2) is 8.86. The van der Waals surface area contributed by atoms with Crippen LogP contribution in [0.25, 0.3) is 11.3 Å². The lowest BCUT2D eigenvalue weighted by molar-refractivity contribution is 0.529. The number of halogens is 1. The van der Waals surface area contributed by atoms with E-state index in [0.29, 0.717) is 25.9 Å². The lowest BCUT2D eigenvalue weighted by Crippen LogP contribution is -2.39. The van der Waals surface area contributed by atoms with Crippen molar-refractivity contribution in [1.82, 2.24) is 4.98 Å². The second-order valence-corrected chi connectivity index (χ2v) is 10.7. The van der Waals surface area contributed by atoms with Crippen LogP contribution in [0.2, 0.25) is 0 Å². The number of sulfone groups is 1. The van der Waals surface area contributed by atoms with Crippen molar-refractivity contribution in [2.24, 2.45) is 0 Å². The lowest BCUT2D eigenvalue weighted by Gasteiger charge is -2.31. The van der Waals surface area contributed by atoms with E-state index in [1.54, 1.807) is 11.3 Å². The molecule has 2 heterocycles. The van der Waals surface area contributed by atoms with E-state index in [1.807, 2.05) is 0 Å². The average Bonchev–Trinajstić information content (AvgIpc) is 3.25. The molecular formula is C23H25FN2O2S2. The number of benzene rings is 2. The van der Waals surface area contributed by atoms with Crippen molar-refractivity contribution in [3.8, 4) is 11.3 Å². The van der Waals surface area contributed by atoms with E-state index >= 15 is 0 Å². The Morgan fingerprint density at radius 1 is 1.07 bits per heavy atom. The highest BCUT2D eigenvalue weighted by molar-refractivity contribution is 7.92. The molecule has 1 aliphatic rings. The number of hydrogen-bond donors (Lipinski definition) is 0. The summed E-state index contributed by atoms with van der Waals surface area (Å²) in [5.41, 5.74) is 3.39. The maximum Gasteiger partial charge on any atom is 0.185 e. The fourth-order valence-electron chi connectivity index (χ4n) is 3.85. The maximum absolute atomic E-state index is 13.1. The summed E-state index contributed by atoms with van der Waals surface area (Å²) in [6.07, 6.45) is 3.30. The fraction of sp³-hybridized carbons (Fsp3) is 0.348. The summed E-state index contributed by atoms with van der Waals surface area (Å²) in [6.45, 7) is 3.47. The molecule has 0 saturated carbocycles. The summed E-state index contributed by atoms with van der Waals surface area (Å²) in [4.78, 5) is 7.15. The van der Waals surface area contributed by atoms with Gasteiger partial charge in [0.1, 0.15) is 5.82 Å². The number of thiazole rings is 1. The second-order valence-electron chi connectivity index (χ2n) is 7.65. The van der Waals surface area contributed by atoms with Gasteiger partial charge in [0.2, 0.25) is 0 Å². The number of piperidine rings is 1. The minimum absolute atomic E-state index is 0.199. The molecule has 1 aliphatic heterocycles. The quantitative estimate of drug-likeness (QED) is 0.481. The van der Waals surface area contributed by atoms with Crippen LogP contribution in [0, 0.1) is 5.82 Å². The highest BCUT2D eigenvalue weighted by atomic mass is 32.2. The van der Waals surface area contributed by atoms with Crippen molar-refractivity contribution >= 4 is 26.3 Å². The third-order valence-corrected chi connectivity index (χ3v) is 8.75. The van der Waals surface area contributed by atoms with Crippen LogP contribution in [-0.4, -0.2) is 31.7 Å². The molecule has 7 heteroatoms. The largest absolute Gasteiger partial charge is 0.348 e. The Kier molecular flexibility index (Phi) is 6.20. The number of rotatable bonds is 6. The molecule has 0 bridgehead atoms. The Bertz CT molecular complexity index is 1080. The SMILES string of the molecule is CCCc1ccc(-c2csc(N3CCC(S(=O)(=O)c4ccc(F)cc4)CC3)n2)cc1. The highest BCUT2D eigenvalue weighted by Gasteiger charge is 2.32. The van der Waals surface area contributed by atoms with Gasteiger partial charge in [0.25, 0.3) is 0 Å². The molecule has 1 fully saturated rings. The molecule has 0 amide bonds. The first-order valence-electron chi connectivity index (χ1n) is 10.3. The molecule has 4 nitrogen and oxygen atoms in total. The number of hydrogen-bond acceptors (Lipinski definition) is 5. The summed E-state index contributed by atoms with van der Waals surface area (Å²) in [6, 6.07) is 13.7. The van der Waals surface area contributed by atoms with Crippen molar-refractivity contribution in [2.45, 2.75) is 42.8 Å². The molecule has 0 radical (unpaired) electrons. The zero-order valence-electron chi connectivity index (χ0n) is 16.9. The van der Waals surface area contributed by atoms with Crippen LogP contribution < -0.4 is 4.90 Å². The van der Waals surface area contributed by atoms with Crippen LogP contribution in [0.1, 0.15) is 31.7 Å². The molecule has 1 aromatic heterocycles. The molecule has 0 N–H and O–H groups in total. The summed E-state index contributed by atoms with van der Waals surface area (Å²) in [5.74, 6) is -0.427. The minimum atomic E-state index is -3.44. The fourth-order valence-corrected chi connectivity index (χ4v) is 6.47. The number of aryl methyl sites for hydroxylation is 1. The van der Waals surface area contributed by atoms with Crippen LogP contribution in [0.3, 0.4) is 0 Å². The molecule has 0 aliphatic carbocycles. The van der Waals surface area contributed by atoms with Gasteiger partial charge >= 0.3 is 0 Å². The van der Waals surface area contributed by atoms with Gasteiger partial charge in [-0.15, -0.1) is 11.3 Å². The predicted molar refractivity (Wildman–Crippen MR) is 120 cm³/mol. The highest BCUT2D eigenvalue weighted by Crippen LogP contribution is 2.32. The third kappa shape index (κ3) is 4.42. The molecule has 158 valence electrons. The molecule has 4 rings (SSSR count). The van der Waals surface area contributed by atoms with E-state index in [1.165, 1.54) is 29.8 Å². The molecule has 0 atom stereocenters. The van der Waals surface area contributed by atoms with Crippen molar-refractivity contribution < 1.29 is 12.8 Å². The molecule has 0 spiro atoms. The Labute approximate surface area is 181 Å². The van der Waals surface area contributed by atoms with Crippen molar-refractivity contribution in [1.29, 1.82) is 0 Å². The van der Waals surface area contributed by atoms with Crippen LogP contribution >= 0.6 is 11.3 Å². The first kappa shape index (κ1) is 21.0. The van der Waals surface area contributed by atoms with Crippen LogP contribution in [0.4, 0.5) is 9.52 Å². The minimum Gasteiger partial charge on any atom is -0.348 e. The molecule has 30 heavy (non-hydrogen) atoms. The van der Waals surface area contributed by atoms with Crippen molar-refractivity contribution in [3.63, 3.8) is 0 Å². The summed E-state index contributed by atoms with van der Waals surface area (Å²) in [7, 11) is -3.44. The Balaban J connectivity index is 1.41. The first-order chi connectivity index (χ1) is 14.5. The van der Waals surface area contributed by atoms with E-state index < -0.39 is 20.9 Å². The maximum atomic E-state index is 13.1. The van der Waals surface area contributed by atoms with Gasteiger partial charge in [0, 0.05) is 24.0 Å². The number of anilines is 1. The molecule has 1 saturated heterocycles. The normalized spacial score (nSPS) is 15.5. The zero-order valence-corrected chi connectivity index (χ0v) is 18.6. The third-order valence-electron chi connectivity index (χ3n) is 5.57. The van der Waals surface area contributed by atoms with Crippen LogP contribution in [0.5, 0.6) is 0 Å². The number of nitrogens with zero attached hydrogens (tertiary/aromatic N) is 2. The van der Waals surface area contributed by atoms with Gasteiger partial charge in [-0.1, -0.05) is 37.6 Å². The smallest absolute Gasteiger partial charge is 0.185 e. The Morgan fingerprint density at radius 3 is 2.37 bits per heavy atom. The van der Waals surface area contributed by atoms with Gasteiger partial charge < -0.3 is 4.90 Å². The van der Waals surface area contributed by atoms with Gasteiger partial charge in [-0.25, -0.2) is 17.8 Å². The van der Waals surface area contributed by atoms with Crippen molar-refractivity contribution in [2.75, 3.05) is 18.0 Å². The monoisotopic (exact) mass is 444 g/mol. The Morgan fingerprint density at radius 2 is 1.73 bits per heavy atom. The Hall–Kier alpha value is -2.25. The molecule has 0 unspecified atom stereocenters. The number of aromatic nitrogens is 1. The van der Waals surface area contributed by atoms with Crippen LogP contribution in [-0.2, 0) is 16.3 Å². The van der Waals surface area contributed by atoms with Gasteiger partial charge in [-0.3, -0.25) is 0 Å². The summed E-state index contributed by atoms with van der Waals surface area (Å²) >= 11 is 1.60. The summed E-state index contributed by atoms with van der Waals surface area (Å²) < 4.78 is 38.8. The molecular weight excluding hydrogens is 419 g/mol. The predicted octanol–water partition coefficient (Wildman–Crippen LogP) is 5.34. The first-order valence-corrected chi connectivity index (χ1v) is 12.7. The van der Waals surface area contributed by atoms with E-state index in [2.05, 4.69) is 41.5 Å². The van der Waals surface area contributed by atoms with Gasteiger partial charge in [0.15, 0.2) is 15.0 Å². The average molecular weight is 445 g/mol.